The Morgan fingerprint density at radius 3 is 1.79 bits per heavy atom. The van der Waals surface area contributed by atoms with Crippen LogP contribution in [0.5, 0.6) is 0 Å². The Labute approximate surface area is 375 Å². The lowest BCUT2D eigenvalue weighted by Crippen LogP contribution is -2.29. The van der Waals surface area contributed by atoms with Gasteiger partial charge in [0.1, 0.15) is 12.7 Å². The number of phosphoric acid groups is 2. The fourth-order valence-corrected chi connectivity index (χ4v) is 6.41. The van der Waals surface area contributed by atoms with Crippen molar-refractivity contribution in [2.24, 2.45) is 0 Å². The van der Waals surface area contributed by atoms with E-state index in [1.54, 1.807) is 42.5 Å². The number of hydrogen-bond donors (Lipinski definition) is 6. The van der Waals surface area contributed by atoms with Crippen LogP contribution < -0.4 is 0 Å². The van der Waals surface area contributed by atoms with Gasteiger partial charge in [0.15, 0.2) is 6.10 Å². The summed E-state index contributed by atoms with van der Waals surface area (Å²) in [6.45, 7) is 1.29. The van der Waals surface area contributed by atoms with E-state index in [0.717, 1.165) is 44.9 Å². The molecule has 0 aromatic carbocycles. The molecule has 0 bridgehead atoms. The average molecular weight is 931 g/mol. The van der Waals surface area contributed by atoms with Crippen molar-refractivity contribution < 1.29 is 71.8 Å². The van der Waals surface area contributed by atoms with E-state index < -0.39 is 78.4 Å². The third kappa shape index (κ3) is 44.0. The summed E-state index contributed by atoms with van der Waals surface area (Å²) >= 11 is 0. The normalized spacial score (nSPS) is 15.9. The van der Waals surface area contributed by atoms with Gasteiger partial charge in [-0.3, -0.25) is 23.2 Å². The molecule has 0 spiro atoms. The summed E-state index contributed by atoms with van der Waals surface area (Å²) in [5, 5.41) is 29.8. The van der Waals surface area contributed by atoms with Crippen LogP contribution in [0.4, 0.5) is 0 Å². The van der Waals surface area contributed by atoms with E-state index in [0.29, 0.717) is 32.1 Å². The van der Waals surface area contributed by atoms with Crippen molar-refractivity contribution in [3.63, 3.8) is 0 Å². The molecule has 1 unspecified atom stereocenters. The molecule has 0 radical (unpaired) electrons. The fraction of sp³-hybridized carbons (Fsp3) is 0.609. The maximum atomic E-state index is 12.7. The number of esters is 2. The lowest BCUT2D eigenvalue weighted by Gasteiger charge is -2.20. The molecule has 0 aromatic heterocycles. The van der Waals surface area contributed by atoms with Crippen molar-refractivity contribution in [2.45, 2.75) is 154 Å². The SMILES string of the molecule is CC/C=C\C[C@H](O)/C=C/C=C\C/C=C\C=C\[C@H](O)/C=C\CCCC(=O)O[C@H](COC(=O)CCCCCCC/C=C\C=C/CCCCCC)COP(=O)(O)OC[C@@H](O)COP(=O)(O)O. The third-order valence-corrected chi connectivity index (χ3v) is 10.1. The minimum atomic E-state index is -4.90. The molecule has 360 valence electrons. The molecule has 0 aromatic rings. The van der Waals surface area contributed by atoms with Crippen LogP contribution in [0.15, 0.2) is 97.2 Å². The number of aliphatic hydroxyl groups excluding tert-OH is 3. The van der Waals surface area contributed by atoms with Gasteiger partial charge >= 0.3 is 27.6 Å². The summed E-state index contributed by atoms with van der Waals surface area (Å²) in [4.78, 5) is 52.7. The van der Waals surface area contributed by atoms with Crippen LogP contribution in [-0.2, 0) is 41.8 Å². The Kier molecular flexibility index (Phi) is 38.5. The molecule has 0 saturated heterocycles. The number of rotatable bonds is 40. The molecule has 0 aliphatic carbocycles. The minimum Gasteiger partial charge on any atom is -0.462 e. The van der Waals surface area contributed by atoms with Crippen molar-refractivity contribution in [1.82, 2.24) is 0 Å². The second kappa shape index (κ2) is 40.5. The van der Waals surface area contributed by atoms with Gasteiger partial charge in [-0.05, 0) is 64.2 Å². The van der Waals surface area contributed by atoms with Crippen LogP contribution in [0.2, 0.25) is 0 Å². The van der Waals surface area contributed by atoms with Crippen LogP contribution in [0.25, 0.3) is 0 Å². The summed E-state index contributed by atoms with van der Waals surface area (Å²) in [6.07, 6.45) is 40.4. The summed E-state index contributed by atoms with van der Waals surface area (Å²) < 4.78 is 47.6. The number of hydrogen-bond acceptors (Lipinski definition) is 12. The second-order valence-corrected chi connectivity index (χ2v) is 17.4. The average Bonchev–Trinajstić information content (AvgIpc) is 3.23. The predicted molar refractivity (Wildman–Crippen MR) is 246 cm³/mol. The Hall–Kier alpha value is -3.04. The molecular formula is C46H76O15P2. The molecule has 0 amide bonds. The van der Waals surface area contributed by atoms with E-state index in [4.69, 9.17) is 23.8 Å². The first-order valence-electron chi connectivity index (χ1n) is 22.2. The highest BCUT2D eigenvalue weighted by molar-refractivity contribution is 7.47. The number of carbonyl (C=O) groups excluding carboxylic acids is 2. The molecule has 0 rings (SSSR count). The summed E-state index contributed by atoms with van der Waals surface area (Å²) in [6, 6.07) is 0. The van der Waals surface area contributed by atoms with Gasteiger partial charge in [-0.15, -0.1) is 0 Å². The first-order valence-corrected chi connectivity index (χ1v) is 25.2. The maximum absolute atomic E-state index is 12.7. The molecule has 0 fully saturated rings. The highest BCUT2D eigenvalue weighted by atomic mass is 31.2. The summed E-state index contributed by atoms with van der Waals surface area (Å²) in [5.41, 5.74) is 0. The van der Waals surface area contributed by atoms with Gasteiger partial charge in [-0.1, -0.05) is 150 Å². The fourth-order valence-electron chi connectivity index (χ4n) is 5.25. The second-order valence-electron chi connectivity index (χ2n) is 14.7. The molecule has 0 saturated carbocycles. The van der Waals surface area contributed by atoms with Crippen molar-refractivity contribution in [2.75, 3.05) is 26.4 Å². The van der Waals surface area contributed by atoms with Gasteiger partial charge in [0.2, 0.25) is 0 Å². The van der Waals surface area contributed by atoms with Crippen LogP contribution in [0.1, 0.15) is 129 Å². The summed E-state index contributed by atoms with van der Waals surface area (Å²) in [5.74, 6) is -1.24. The number of ether oxygens (including phenoxy) is 2. The molecule has 0 aliphatic rings. The smallest absolute Gasteiger partial charge is 0.462 e. The molecule has 63 heavy (non-hydrogen) atoms. The first-order chi connectivity index (χ1) is 30.2. The highest BCUT2D eigenvalue weighted by Crippen LogP contribution is 2.43. The largest absolute Gasteiger partial charge is 0.472 e. The number of unbranched alkanes of at least 4 members (excludes halogenated alkanes) is 10. The lowest BCUT2D eigenvalue weighted by molar-refractivity contribution is -0.161. The van der Waals surface area contributed by atoms with Crippen molar-refractivity contribution >= 4 is 27.6 Å². The predicted octanol–water partition coefficient (Wildman–Crippen LogP) is 9.28. The zero-order valence-corrected chi connectivity index (χ0v) is 39.1. The van der Waals surface area contributed by atoms with Crippen molar-refractivity contribution in [1.29, 1.82) is 0 Å². The van der Waals surface area contributed by atoms with Crippen LogP contribution in [0.3, 0.4) is 0 Å². The first kappa shape index (κ1) is 60.0. The number of phosphoric ester groups is 2. The Morgan fingerprint density at radius 2 is 1.13 bits per heavy atom. The monoisotopic (exact) mass is 930 g/mol. The van der Waals surface area contributed by atoms with E-state index in [1.165, 1.54) is 25.7 Å². The van der Waals surface area contributed by atoms with E-state index >= 15 is 0 Å². The van der Waals surface area contributed by atoms with E-state index in [9.17, 15) is 38.9 Å². The molecule has 5 atom stereocenters. The van der Waals surface area contributed by atoms with Crippen molar-refractivity contribution in [3.05, 3.63) is 97.2 Å². The topological polar surface area (TPSA) is 236 Å². The van der Waals surface area contributed by atoms with E-state index in [-0.39, 0.29) is 12.8 Å². The van der Waals surface area contributed by atoms with E-state index in [1.807, 2.05) is 37.3 Å². The van der Waals surface area contributed by atoms with E-state index in [2.05, 4.69) is 40.3 Å². The van der Waals surface area contributed by atoms with Gasteiger partial charge in [-0.25, -0.2) is 9.13 Å². The molecule has 6 N–H and O–H groups in total. The minimum absolute atomic E-state index is 0.0638. The van der Waals surface area contributed by atoms with Gasteiger partial charge in [-0.2, -0.15) is 0 Å². The Bertz CT molecular complexity index is 1510. The van der Waals surface area contributed by atoms with Gasteiger partial charge in [0.25, 0.3) is 0 Å². The molecule has 0 heterocycles. The van der Waals surface area contributed by atoms with Gasteiger partial charge in [0, 0.05) is 12.8 Å². The number of allylic oxidation sites excluding steroid dienone is 12. The molecule has 17 heteroatoms. The highest BCUT2D eigenvalue weighted by Gasteiger charge is 2.28. The zero-order valence-electron chi connectivity index (χ0n) is 37.4. The maximum Gasteiger partial charge on any atom is 0.472 e. The zero-order chi connectivity index (χ0) is 46.9. The Morgan fingerprint density at radius 1 is 0.556 bits per heavy atom. The lowest BCUT2D eigenvalue weighted by atomic mass is 10.1. The summed E-state index contributed by atoms with van der Waals surface area (Å²) in [7, 11) is -9.77. The third-order valence-electron chi connectivity index (χ3n) is 8.65. The standard InChI is InChI=1S/C46H76O15P2/c1-3-5-7-8-9-10-11-12-13-14-15-16-20-23-29-35-45(50)57-39-44(40-60-63(55,56)59-38-43(49)37-58-62(52,53)54)61-46(51)36-30-24-28-34-42(48)33-27-22-19-17-18-21-26-32-41(47)31-25-6-4-2/h6,10-13,18-19,21-22,25-28,32-34,41-44,47-49H,3-5,7-9,14-17,20,23-24,29-31,35-40H2,1-2H3,(H,55,56)(H2,52,53,54)/b11-10-,13-12-,21-18-,22-19-,25-6-,32-26+,33-27+,34-28-/t41-,42-,43-,44+/m0/s1. The van der Waals surface area contributed by atoms with Crippen LogP contribution in [-0.4, -0.2) is 92.8 Å². The van der Waals surface area contributed by atoms with Crippen LogP contribution >= 0.6 is 15.6 Å². The molecule has 0 aliphatic heterocycles. The quantitative estimate of drug-likeness (QED) is 0.0110. The Balaban J connectivity index is 4.81. The number of aliphatic hydroxyl groups is 3. The van der Waals surface area contributed by atoms with Crippen LogP contribution in [0, 0.1) is 0 Å². The van der Waals surface area contributed by atoms with Gasteiger partial charge in [0.05, 0.1) is 32.0 Å². The molecule has 15 nitrogen and oxygen atoms in total. The molecular weight excluding hydrogens is 854 g/mol. The number of carbonyl (C=O) groups is 2. The van der Waals surface area contributed by atoms with Gasteiger partial charge < -0.3 is 39.5 Å². The van der Waals surface area contributed by atoms with Crippen molar-refractivity contribution in [3.8, 4) is 0 Å².